The van der Waals surface area contributed by atoms with E-state index in [0.29, 0.717) is 10.2 Å². The van der Waals surface area contributed by atoms with Crippen molar-refractivity contribution in [2.24, 2.45) is 0 Å². The van der Waals surface area contributed by atoms with Crippen molar-refractivity contribution in [1.29, 1.82) is 0 Å². The van der Waals surface area contributed by atoms with Gasteiger partial charge in [-0.05, 0) is 72.1 Å². The topological polar surface area (TPSA) is 55.4 Å². The minimum absolute atomic E-state index is 0.0291. The third-order valence-electron chi connectivity index (χ3n) is 3.45. The first kappa shape index (κ1) is 18.1. The first-order chi connectivity index (χ1) is 11.3. The first-order valence-corrected chi connectivity index (χ1v) is 8.11. The van der Waals surface area contributed by atoms with Gasteiger partial charge in [0, 0.05) is 10.2 Å². The normalized spacial score (nSPS) is 11.7. The fourth-order valence-corrected chi connectivity index (χ4v) is 2.44. The summed E-state index contributed by atoms with van der Waals surface area (Å²) < 4.78 is 18.8. The lowest BCUT2D eigenvalue weighted by Gasteiger charge is -2.15. The third kappa shape index (κ3) is 4.41. The molecule has 4 nitrogen and oxygen atoms in total. The Morgan fingerprint density at radius 2 is 1.88 bits per heavy atom. The van der Waals surface area contributed by atoms with Crippen molar-refractivity contribution in [2.45, 2.75) is 26.9 Å². The van der Waals surface area contributed by atoms with Crippen LogP contribution in [0.2, 0.25) is 0 Å². The summed E-state index contributed by atoms with van der Waals surface area (Å²) in [7, 11) is 0. The Morgan fingerprint density at radius 3 is 2.58 bits per heavy atom. The Labute approximate surface area is 148 Å². The van der Waals surface area contributed by atoms with Gasteiger partial charge in [-0.2, -0.15) is 0 Å². The largest absolute Gasteiger partial charge is 0.449 e. The number of aryl methyl sites for hydroxylation is 2. The molecule has 2 aromatic rings. The summed E-state index contributed by atoms with van der Waals surface area (Å²) in [5.41, 5.74) is 2.60. The molecule has 0 spiro atoms. The Bertz CT molecular complexity index is 792. The van der Waals surface area contributed by atoms with Gasteiger partial charge in [-0.15, -0.1) is 0 Å². The fourth-order valence-electron chi connectivity index (χ4n) is 2.04. The van der Waals surface area contributed by atoms with E-state index in [-0.39, 0.29) is 5.56 Å². The maximum atomic E-state index is 13.3. The second-order valence-corrected chi connectivity index (χ2v) is 6.33. The van der Waals surface area contributed by atoms with Gasteiger partial charge in [0.05, 0.1) is 5.56 Å². The fraction of sp³-hybridized carbons (Fsp3) is 0.222. The highest BCUT2D eigenvalue weighted by molar-refractivity contribution is 9.10. The Kier molecular flexibility index (Phi) is 5.72. The van der Waals surface area contributed by atoms with E-state index in [9.17, 15) is 14.0 Å². The van der Waals surface area contributed by atoms with Crippen LogP contribution in [0.3, 0.4) is 0 Å². The summed E-state index contributed by atoms with van der Waals surface area (Å²) in [5, 5.41) is 2.73. The Balaban J connectivity index is 2.07. The first-order valence-electron chi connectivity index (χ1n) is 7.32. The summed E-state index contributed by atoms with van der Waals surface area (Å²) in [6.45, 7) is 5.25. The van der Waals surface area contributed by atoms with Crippen LogP contribution >= 0.6 is 15.9 Å². The molecule has 24 heavy (non-hydrogen) atoms. The van der Waals surface area contributed by atoms with Gasteiger partial charge in [0.1, 0.15) is 5.82 Å². The van der Waals surface area contributed by atoms with Crippen molar-refractivity contribution in [3.63, 3.8) is 0 Å². The average molecular weight is 394 g/mol. The lowest BCUT2D eigenvalue weighted by atomic mass is 10.1. The van der Waals surface area contributed by atoms with E-state index in [1.165, 1.54) is 19.1 Å². The van der Waals surface area contributed by atoms with Crippen molar-refractivity contribution in [3.8, 4) is 0 Å². The van der Waals surface area contributed by atoms with Crippen LogP contribution < -0.4 is 5.32 Å². The van der Waals surface area contributed by atoms with Crippen molar-refractivity contribution in [2.75, 3.05) is 5.32 Å². The molecule has 2 rings (SSSR count). The molecular weight excluding hydrogens is 377 g/mol. The van der Waals surface area contributed by atoms with Crippen LogP contribution in [0.4, 0.5) is 10.1 Å². The highest BCUT2D eigenvalue weighted by Crippen LogP contribution is 2.20. The predicted octanol–water partition coefficient (Wildman–Crippen LogP) is 4.39. The number of anilines is 1. The molecule has 6 heteroatoms. The summed E-state index contributed by atoms with van der Waals surface area (Å²) in [6, 6.07) is 9.36. The van der Waals surface area contributed by atoms with E-state index in [1.54, 1.807) is 0 Å². The lowest BCUT2D eigenvalue weighted by Crippen LogP contribution is -2.30. The molecule has 0 aliphatic rings. The number of rotatable bonds is 4. The third-order valence-corrected chi connectivity index (χ3v) is 4.14. The van der Waals surface area contributed by atoms with E-state index < -0.39 is 23.8 Å². The van der Waals surface area contributed by atoms with Gasteiger partial charge in [0.15, 0.2) is 6.10 Å². The van der Waals surface area contributed by atoms with E-state index in [1.807, 2.05) is 32.0 Å². The van der Waals surface area contributed by atoms with Crippen LogP contribution in [0.1, 0.15) is 28.4 Å². The number of hydrogen-bond acceptors (Lipinski definition) is 3. The van der Waals surface area contributed by atoms with Gasteiger partial charge in [-0.1, -0.05) is 12.1 Å². The molecule has 2 aromatic carbocycles. The van der Waals surface area contributed by atoms with Gasteiger partial charge in [0.2, 0.25) is 0 Å². The highest BCUT2D eigenvalue weighted by atomic mass is 79.9. The van der Waals surface area contributed by atoms with Crippen molar-refractivity contribution < 1.29 is 18.7 Å². The summed E-state index contributed by atoms with van der Waals surface area (Å²) >= 11 is 3.16. The quantitative estimate of drug-likeness (QED) is 0.783. The molecular formula is C18H17BrFNO3. The van der Waals surface area contributed by atoms with Crippen molar-refractivity contribution in [3.05, 3.63) is 63.4 Å². The van der Waals surface area contributed by atoms with Crippen LogP contribution in [0.5, 0.6) is 0 Å². The highest BCUT2D eigenvalue weighted by Gasteiger charge is 2.21. The number of carbonyl (C=O) groups excluding carboxylic acids is 2. The molecule has 1 atom stereocenters. The number of esters is 1. The monoisotopic (exact) mass is 393 g/mol. The molecule has 1 amide bonds. The van der Waals surface area contributed by atoms with Gasteiger partial charge in [-0.25, -0.2) is 9.18 Å². The molecule has 0 aromatic heterocycles. The predicted molar refractivity (Wildman–Crippen MR) is 93.5 cm³/mol. The number of halogens is 2. The molecule has 0 radical (unpaired) electrons. The number of hydrogen-bond donors (Lipinski definition) is 1. The van der Waals surface area contributed by atoms with E-state index in [4.69, 9.17) is 4.74 Å². The standard InChI is InChI=1S/C18H17BrFNO3/c1-10-4-5-11(2)16(8-10)21-17(22)12(3)24-18(23)14-9-13(20)6-7-15(14)19/h4-9,12H,1-3H3,(H,21,22)/t12-/m1/s1. The van der Waals surface area contributed by atoms with Crippen LogP contribution in [0.25, 0.3) is 0 Å². The van der Waals surface area contributed by atoms with Crippen LogP contribution in [0, 0.1) is 19.7 Å². The number of benzene rings is 2. The summed E-state index contributed by atoms with van der Waals surface area (Å²) in [4.78, 5) is 24.3. The minimum atomic E-state index is -1.02. The molecule has 0 aliphatic carbocycles. The SMILES string of the molecule is Cc1ccc(C)c(NC(=O)[C@@H](C)OC(=O)c2cc(F)ccc2Br)c1. The molecule has 0 saturated carbocycles. The Hall–Kier alpha value is -2.21. The van der Waals surface area contributed by atoms with E-state index in [0.717, 1.165) is 17.2 Å². The summed E-state index contributed by atoms with van der Waals surface area (Å²) in [5.74, 6) is -1.78. The maximum absolute atomic E-state index is 13.3. The number of ether oxygens (including phenoxy) is 1. The zero-order valence-corrected chi connectivity index (χ0v) is 15.1. The van der Waals surface area contributed by atoms with Crippen LogP contribution in [-0.2, 0) is 9.53 Å². The summed E-state index contributed by atoms with van der Waals surface area (Å²) in [6.07, 6.45) is -1.02. The Morgan fingerprint density at radius 1 is 1.17 bits per heavy atom. The van der Waals surface area contributed by atoms with Gasteiger partial charge in [-0.3, -0.25) is 4.79 Å². The smallest absolute Gasteiger partial charge is 0.340 e. The number of amides is 1. The molecule has 0 heterocycles. The van der Waals surface area contributed by atoms with Crippen molar-refractivity contribution in [1.82, 2.24) is 0 Å². The molecule has 0 unspecified atom stereocenters. The second-order valence-electron chi connectivity index (χ2n) is 5.48. The second kappa shape index (κ2) is 7.57. The molecule has 0 fully saturated rings. The van der Waals surface area contributed by atoms with E-state index >= 15 is 0 Å². The molecule has 0 aliphatic heterocycles. The molecule has 1 N–H and O–H groups in total. The van der Waals surface area contributed by atoms with Gasteiger partial charge in [0.25, 0.3) is 5.91 Å². The van der Waals surface area contributed by atoms with Crippen LogP contribution in [-0.4, -0.2) is 18.0 Å². The minimum Gasteiger partial charge on any atom is -0.449 e. The zero-order chi connectivity index (χ0) is 17.9. The van der Waals surface area contributed by atoms with E-state index in [2.05, 4.69) is 21.2 Å². The van der Waals surface area contributed by atoms with Gasteiger partial charge >= 0.3 is 5.97 Å². The molecule has 0 bridgehead atoms. The zero-order valence-electron chi connectivity index (χ0n) is 13.5. The molecule has 126 valence electrons. The van der Waals surface area contributed by atoms with Crippen molar-refractivity contribution >= 4 is 33.5 Å². The average Bonchev–Trinajstić information content (AvgIpc) is 2.53. The lowest BCUT2D eigenvalue weighted by molar-refractivity contribution is -0.123. The van der Waals surface area contributed by atoms with Gasteiger partial charge < -0.3 is 10.1 Å². The number of carbonyl (C=O) groups is 2. The molecule has 0 saturated heterocycles. The maximum Gasteiger partial charge on any atom is 0.340 e. The number of nitrogens with one attached hydrogen (secondary N) is 1. The van der Waals surface area contributed by atoms with Crippen LogP contribution in [0.15, 0.2) is 40.9 Å².